The Hall–Kier alpha value is -2.09. The van der Waals surface area contributed by atoms with Crippen LogP contribution in [0.15, 0.2) is 36.4 Å². The molecule has 0 radical (unpaired) electrons. The molecule has 2 aromatic carbocycles. The van der Waals surface area contributed by atoms with E-state index in [0.717, 1.165) is 16.7 Å². The van der Waals surface area contributed by atoms with E-state index in [1.807, 2.05) is 58.0 Å². The lowest BCUT2D eigenvalue weighted by Gasteiger charge is -2.08. The molecule has 20 heavy (non-hydrogen) atoms. The summed E-state index contributed by atoms with van der Waals surface area (Å²) in [5.41, 5.74) is 6.16. The van der Waals surface area contributed by atoms with Crippen molar-refractivity contribution < 1.29 is 9.53 Å². The molecule has 0 atom stereocenters. The Bertz CT molecular complexity index is 601. The summed E-state index contributed by atoms with van der Waals surface area (Å²) < 4.78 is 5.40. The van der Waals surface area contributed by atoms with E-state index < -0.39 is 0 Å². The number of carbonyl (C=O) groups is 1. The molecule has 0 spiro atoms. The van der Waals surface area contributed by atoms with Crippen molar-refractivity contribution in [2.45, 2.75) is 34.3 Å². The lowest BCUT2D eigenvalue weighted by atomic mass is 10.1. The minimum absolute atomic E-state index is 0.268. The quantitative estimate of drug-likeness (QED) is 0.777. The number of hydrogen-bond donors (Lipinski definition) is 0. The molecule has 2 heteroatoms. The van der Waals surface area contributed by atoms with Crippen molar-refractivity contribution in [1.29, 1.82) is 0 Å². The summed E-state index contributed by atoms with van der Waals surface area (Å²) in [6, 6.07) is 12.0. The molecule has 0 saturated heterocycles. The van der Waals surface area contributed by atoms with Crippen molar-refractivity contribution in [2.75, 3.05) is 0 Å². The molecule has 0 bridgehead atoms. The molecular formula is C18H20O2. The zero-order valence-electron chi connectivity index (χ0n) is 12.5. The monoisotopic (exact) mass is 268 g/mol. The highest BCUT2D eigenvalue weighted by atomic mass is 16.5. The Kier molecular flexibility index (Phi) is 4.23. The molecule has 104 valence electrons. The molecule has 0 aliphatic rings. The van der Waals surface area contributed by atoms with Gasteiger partial charge in [-0.2, -0.15) is 0 Å². The maximum atomic E-state index is 12.1. The van der Waals surface area contributed by atoms with Gasteiger partial charge >= 0.3 is 5.97 Å². The first-order valence-corrected chi connectivity index (χ1v) is 6.76. The second-order valence-electron chi connectivity index (χ2n) is 5.45. The Morgan fingerprint density at radius 3 is 1.75 bits per heavy atom. The second kappa shape index (κ2) is 5.91. The van der Waals surface area contributed by atoms with E-state index in [2.05, 4.69) is 6.07 Å². The fourth-order valence-electron chi connectivity index (χ4n) is 2.48. The Labute approximate surface area is 120 Å². The molecule has 0 heterocycles. The minimum Gasteiger partial charge on any atom is -0.457 e. The third-order valence-corrected chi connectivity index (χ3v) is 3.11. The fourth-order valence-corrected chi connectivity index (χ4v) is 2.48. The minimum atomic E-state index is -0.268. The van der Waals surface area contributed by atoms with E-state index in [0.29, 0.717) is 12.2 Å². The first-order valence-electron chi connectivity index (χ1n) is 6.76. The Balaban J connectivity index is 2.08. The summed E-state index contributed by atoms with van der Waals surface area (Å²) in [4.78, 5) is 12.1. The number of hydrogen-bond acceptors (Lipinski definition) is 2. The van der Waals surface area contributed by atoms with E-state index in [4.69, 9.17) is 4.74 Å². The highest BCUT2D eigenvalue weighted by Crippen LogP contribution is 2.13. The van der Waals surface area contributed by atoms with Crippen LogP contribution in [0.2, 0.25) is 0 Å². The van der Waals surface area contributed by atoms with E-state index >= 15 is 0 Å². The van der Waals surface area contributed by atoms with Gasteiger partial charge in [0.25, 0.3) is 0 Å². The van der Waals surface area contributed by atoms with Gasteiger partial charge in [-0.1, -0.05) is 46.5 Å². The van der Waals surface area contributed by atoms with Crippen molar-refractivity contribution in [3.8, 4) is 0 Å². The molecule has 2 aromatic rings. The highest BCUT2D eigenvalue weighted by Gasteiger charge is 2.08. The van der Waals surface area contributed by atoms with Crippen LogP contribution in [0, 0.1) is 27.7 Å². The summed E-state index contributed by atoms with van der Waals surface area (Å²) >= 11 is 0. The summed E-state index contributed by atoms with van der Waals surface area (Å²) in [6.45, 7) is 8.36. The average molecular weight is 268 g/mol. The third-order valence-electron chi connectivity index (χ3n) is 3.11. The predicted octanol–water partition coefficient (Wildman–Crippen LogP) is 4.28. The third kappa shape index (κ3) is 3.70. The number of ether oxygens (including phenoxy) is 1. The zero-order chi connectivity index (χ0) is 14.7. The van der Waals surface area contributed by atoms with Crippen molar-refractivity contribution in [3.05, 3.63) is 69.8 Å². The van der Waals surface area contributed by atoms with Gasteiger partial charge in [0.2, 0.25) is 0 Å². The van der Waals surface area contributed by atoms with E-state index in [9.17, 15) is 4.79 Å². The molecule has 2 nitrogen and oxygen atoms in total. The Morgan fingerprint density at radius 2 is 1.25 bits per heavy atom. The van der Waals surface area contributed by atoms with Gasteiger partial charge in [-0.3, -0.25) is 0 Å². The van der Waals surface area contributed by atoms with Crippen LogP contribution in [-0.2, 0) is 11.3 Å². The molecule has 0 saturated carbocycles. The summed E-state index contributed by atoms with van der Waals surface area (Å²) in [5, 5.41) is 0. The number of esters is 1. The molecule has 0 aromatic heterocycles. The zero-order valence-corrected chi connectivity index (χ0v) is 12.5. The normalized spacial score (nSPS) is 10.4. The summed E-state index contributed by atoms with van der Waals surface area (Å²) in [6.07, 6.45) is 0. The first-order chi connectivity index (χ1) is 9.44. The van der Waals surface area contributed by atoms with Crippen LogP contribution in [0.25, 0.3) is 0 Å². The smallest absolute Gasteiger partial charge is 0.338 e. The summed E-state index contributed by atoms with van der Waals surface area (Å²) in [7, 11) is 0. The standard InChI is InChI=1S/C18H20O2/c1-12-5-13(2)8-16(7-12)11-20-18(19)17-9-14(3)6-15(4)10-17/h5-10H,11H2,1-4H3. The van der Waals surface area contributed by atoms with Gasteiger partial charge in [-0.05, 0) is 45.4 Å². The largest absolute Gasteiger partial charge is 0.457 e. The van der Waals surface area contributed by atoms with Crippen LogP contribution in [0.5, 0.6) is 0 Å². The van der Waals surface area contributed by atoms with Crippen LogP contribution in [0.3, 0.4) is 0 Å². The Morgan fingerprint density at radius 1 is 0.800 bits per heavy atom. The number of aryl methyl sites for hydroxylation is 4. The maximum Gasteiger partial charge on any atom is 0.338 e. The molecule has 0 unspecified atom stereocenters. The molecule has 0 aliphatic carbocycles. The topological polar surface area (TPSA) is 26.3 Å². The number of rotatable bonds is 3. The lowest BCUT2D eigenvalue weighted by Crippen LogP contribution is -2.06. The van der Waals surface area contributed by atoms with Crippen molar-refractivity contribution in [1.82, 2.24) is 0 Å². The van der Waals surface area contributed by atoms with Gasteiger partial charge in [-0.25, -0.2) is 4.79 Å². The highest BCUT2D eigenvalue weighted by molar-refractivity contribution is 5.89. The van der Waals surface area contributed by atoms with E-state index in [1.54, 1.807) is 0 Å². The van der Waals surface area contributed by atoms with Crippen LogP contribution < -0.4 is 0 Å². The van der Waals surface area contributed by atoms with E-state index in [-0.39, 0.29) is 5.97 Å². The van der Waals surface area contributed by atoms with Crippen LogP contribution >= 0.6 is 0 Å². The number of benzene rings is 2. The van der Waals surface area contributed by atoms with Crippen molar-refractivity contribution in [3.63, 3.8) is 0 Å². The van der Waals surface area contributed by atoms with Crippen LogP contribution in [0.4, 0.5) is 0 Å². The average Bonchev–Trinajstić information content (AvgIpc) is 2.33. The van der Waals surface area contributed by atoms with E-state index in [1.165, 1.54) is 11.1 Å². The number of carbonyl (C=O) groups excluding carboxylic acids is 1. The molecule has 0 N–H and O–H groups in total. The fraction of sp³-hybridized carbons (Fsp3) is 0.278. The van der Waals surface area contributed by atoms with Gasteiger partial charge in [0, 0.05) is 0 Å². The SMILES string of the molecule is Cc1cc(C)cc(COC(=O)c2cc(C)cc(C)c2)c1. The molecule has 2 rings (SSSR count). The first kappa shape index (κ1) is 14.3. The van der Waals surface area contributed by atoms with Gasteiger partial charge < -0.3 is 4.74 Å². The van der Waals surface area contributed by atoms with Crippen LogP contribution in [0.1, 0.15) is 38.2 Å². The molecule has 0 fully saturated rings. The van der Waals surface area contributed by atoms with Gasteiger partial charge in [0.05, 0.1) is 5.56 Å². The second-order valence-corrected chi connectivity index (χ2v) is 5.45. The van der Waals surface area contributed by atoms with Crippen molar-refractivity contribution in [2.24, 2.45) is 0 Å². The van der Waals surface area contributed by atoms with Gasteiger partial charge in [0.1, 0.15) is 6.61 Å². The van der Waals surface area contributed by atoms with Gasteiger partial charge in [0.15, 0.2) is 0 Å². The molecular weight excluding hydrogens is 248 g/mol. The molecule has 0 amide bonds. The molecule has 0 aliphatic heterocycles. The predicted molar refractivity (Wildman–Crippen MR) is 81.0 cm³/mol. The lowest BCUT2D eigenvalue weighted by molar-refractivity contribution is 0.0472. The van der Waals surface area contributed by atoms with Crippen LogP contribution in [-0.4, -0.2) is 5.97 Å². The summed E-state index contributed by atoms with van der Waals surface area (Å²) in [5.74, 6) is -0.268. The van der Waals surface area contributed by atoms with Crippen molar-refractivity contribution >= 4 is 5.97 Å². The van der Waals surface area contributed by atoms with Gasteiger partial charge in [-0.15, -0.1) is 0 Å². The maximum absolute atomic E-state index is 12.1.